The first-order valence-corrected chi connectivity index (χ1v) is 9.09. The summed E-state index contributed by atoms with van der Waals surface area (Å²) in [5, 5.41) is 12.3. The van der Waals surface area contributed by atoms with Gasteiger partial charge in [-0.25, -0.2) is 9.98 Å². The summed E-state index contributed by atoms with van der Waals surface area (Å²) in [5.41, 5.74) is 2.68. The Morgan fingerprint density at radius 2 is 2.15 bits per heavy atom. The van der Waals surface area contributed by atoms with Crippen molar-refractivity contribution in [3.8, 4) is 5.75 Å². The van der Waals surface area contributed by atoms with Crippen molar-refractivity contribution in [2.24, 2.45) is 4.99 Å². The van der Waals surface area contributed by atoms with Crippen molar-refractivity contribution in [2.45, 2.75) is 53.4 Å². The SMILES string of the molecule is CCc1cnc(CC/C(C)=C/N=C(C)NC(=O)Cc2ccc(O)c(C)c2)o1. The Morgan fingerprint density at radius 3 is 2.81 bits per heavy atom. The summed E-state index contributed by atoms with van der Waals surface area (Å²) in [5.74, 6) is 2.26. The summed E-state index contributed by atoms with van der Waals surface area (Å²) in [6, 6.07) is 5.14. The van der Waals surface area contributed by atoms with E-state index in [9.17, 15) is 9.90 Å². The van der Waals surface area contributed by atoms with Gasteiger partial charge in [0.2, 0.25) is 5.91 Å². The quantitative estimate of drug-likeness (QED) is 0.573. The first-order valence-electron chi connectivity index (χ1n) is 9.09. The van der Waals surface area contributed by atoms with Crippen molar-refractivity contribution < 1.29 is 14.3 Å². The van der Waals surface area contributed by atoms with E-state index in [1.54, 1.807) is 44.4 Å². The molecule has 1 amide bonds. The molecule has 0 unspecified atom stereocenters. The van der Waals surface area contributed by atoms with Gasteiger partial charge in [0, 0.05) is 19.0 Å². The number of phenolic OH excluding ortho intramolecular Hbond substituents is 1. The molecule has 0 saturated carbocycles. The molecule has 0 radical (unpaired) electrons. The van der Waals surface area contributed by atoms with Crippen LogP contribution in [0.2, 0.25) is 0 Å². The number of amides is 1. The summed E-state index contributed by atoms with van der Waals surface area (Å²) in [6.07, 6.45) is 6.12. The number of aromatic hydroxyl groups is 1. The normalized spacial score (nSPS) is 12.3. The number of oxazole rings is 1. The largest absolute Gasteiger partial charge is 0.508 e. The van der Waals surface area contributed by atoms with Crippen LogP contribution < -0.4 is 5.32 Å². The van der Waals surface area contributed by atoms with E-state index in [4.69, 9.17) is 4.42 Å². The van der Waals surface area contributed by atoms with Crippen molar-refractivity contribution in [1.82, 2.24) is 10.3 Å². The third-order valence-corrected chi connectivity index (χ3v) is 4.11. The standard InChI is InChI=1S/C21H27N3O3/c1-5-18-13-23-21(27-18)9-6-14(2)12-22-16(4)24-20(26)11-17-7-8-19(25)15(3)10-17/h7-8,10,12-13,25H,5-6,9,11H2,1-4H3,(H,22,24,26)/b14-12+. The van der Waals surface area contributed by atoms with Crippen LogP contribution in [0.15, 0.2) is 45.6 Å². The molecule has 0 aliphatic heterocycles. The van der Waals surface area contributed by atoms with Crippen LogP contribution in [0.5, 0.6) is 5.75 Å². The van der Waals surface area contributed by atoms with Crippen LogP contribution >= 0.6 is 0 Å². The van der Waals surface area contributed by atoms with Crippen molar-refractivity contribution in [3.63, 3.8) is 0 Å². The van der Waals surface area contributed by atoms with Crippen LogP contribution in [0, 0.1) is 6.92 Å². The molecule has 27 heavy (non-hydrogen) atoms. The number of hydrogen-bond donors (Lipinski definition) is 2. The van der Waals surface area contributed by atoms with E-state index in [2.05, 4.69) is 15.3 Å². The van der Waals surface area contributed by atoms with Gasteiger partial charge >= 0.3 is 0 Å². The predicted molar refractivity (Wildman–Crippen MR) is 106 cm³/mol. The van der Waals surface area contributed by atoms with Crippen LogP contribution in [0.25, 0.3) is 0 Å². The Balaban J connectivity index is 1.83. The fraction of sp³-hybridized carbons (Fsp3) is 0.381. The highest BCUT2D eigenvalue weighted by molar-refractivity contribution is 5.97. The lowest BCUT2D eigenvalue weighted by Gasteiger charge is -2.06. The zero-order chi connectivity index (χ0) is 19.8. The fourth-order valence-corrected chi connectivity index (χ4v) is 2.49. The van der Waals surface area contributed by atoms with Crippen molar-refractivity contribution >= 4 is 11.7 Å². The summed E-state index contributed by atoms with van der Waals surface area (Å²) in [7, 11) is 0. The maximum absolute atomic E-state index is 12.1. The van der Waals surface area contributed by atoms with E-state index in [0.717, 1.165) is 47.6 Å². The molecule has 0 aliphatic rings. The number of nitrogens with one attached hydrogen (secondary N) is 1. The van der Waals surface area contributed by atoms with E-state index in [1.807, 2.05) is 13.8 Å². The van der Waals surface area contributed by atoms with Gasteiger partial charge in [-0.1, -0.05) is 24.6 Å². The van der Waals surface area contributed by atoms with Gasteiger partial charge in [0.05, 0.1) is 12.6 Å². The highest BCUT2D eigenvalue weighted by Gasteiger charge is 2.06. The number of benzene rings is 1. The molecule has 2 N–H and O–H groups in total. The Bertz CT molecular complexity index is 850. The van der Waals surface area contributed by atoms with Crippen molar-refractivity contribution in [1.29, 1.82) is 0 Å². The molecule has 0 aliphatic carbocycles. The molecule has 1 aromatic heterocycles. The van der Waals surface area contributed by atoms with E-state index in [0.29, 0.717) is 5.84 Å². The zero-order valence-electron chi connectivity index (χ0n) is 16.4. The van der Waals surface area contributed by atoms with Gasteiger partial charge < -0.3 is 14.8 Å². The molecular formula is C21H27N3O3. The molecule has 6 nitrogen and oxygen atoms in total. The van der Waals surface area contributed by atoms with Crippen LogP contribution in [0.4, 0.5) is 0 Å². The minimum atomic E-state index is -0.140. The van der Waals surface area contributed by atoms with E-state index in [-0.39, 0.29) is 18.1 Å². The van der Waals surface area contributed by atoms with E-state index in [1.165, 1.54) is 0 Å². The summed E-state index contributed by atoms with van der Waals surface area (Å²) >= 11 is 0. The molecule has 0 spiro atoms. The first kappa shape index (κ1) is 20.4. The molecular weight excluding hydrogens is 342 g/mol. The van der Waals surface area contributed by atoms with Gasteiger partial charge in [-0.2, -0.15) is 0 Å². The molecule has 1 aromatic carbocycles. The summed E-state index contributed by atoms with van der Waals surface area (Å²) in [4.78, 5) is 20.7. The first-order chi connectivity index (χ1) is 12.9. The number of allylic oxidation sites excluding steroid dienone is 1. The number of amidine groups is 1. The van der Waals surface area contributed by atoms with Crippen molar-refractivity contribution in [3.05, 3.63) is 58.9 Å². The molecule has 144 valence electrons. The number of aromatic nitrogens is 1. The lowest BCUT2D eigenvalue weighted by molar-refractivity contribution is -0.119. The van der Waals surface area contributed by atoms with Gasteiger partial charge in [0.25, 0.3) is 0 Å². The van der Waals surface area contributed by atoms with E-state index >= 15 is 0 Å². The Kier molecular flexibility index (Phi) is 7.34. The van der Waals surface area contributed by atoms with Crippen LogP contribution in [0.1, 0.15) is 50.0 Å². The molecule has 2 aromatic rings. The van der Waals surface area contributed by atoms with Gasteiger partial charge in [-0.15, -0.1) is 0 Å². The lowest BCUT2D eigenvalue weighted by Crippen LogP contribution is -2.29. The second kappa shape index (κ2) is 9.71. The second-order valence-electron chi connectivity index (χ2n) is 6.61. The highest BCUT2D eigenvalue weighted by atomic mass is 16.4. The topological polar surface area (TPSA) is 87.7 Å². The smallest absolute Gasteiger partial charge is 0.229 e. The number of aliphatic imine (C=N–C) groups is 1. The van der Waals surface area contributed by atoms with Gasteiger partial charge in [0.15, 0.2) is 5.89 Å². The number of carbonyl (C=O) groups excluding carboxylic acids is 1. The molecule has 1 heterocycles. The Hall–Kier alpha value is -2.89. The second-order valence-corrected chi connectivity index (χ2v) is 6.61. The lowest BCUT2D eigenvalue weighted by atomic mass is 10.1. The van der Waals surface area contributed by atoms with Crippen LogP contribution in [0.3, 0.4) is 0 Å². The number of carbonyl (C=O) groups is 1. The fourth-order valence-electron chi connectivity index (χ4n) is 2.49. The average Bonchev–Trinajstić information content (AvgIpc) is 3.09. The number of phenols is 1. The maximum Gasteiger partial charge on any atom is 0.229 e. The highest BCUT2D eigenvalue weighted by Crippen LogP contribution is 2.17. The predicted octanol–water partition coefficient (Wildman–Crippen LogP) is 3.86. The van der Waals surface area contributed by atoms with Gasteiger partial charge in [0.1, 0.15) is 17.3 Å². The van der Waals surface area contributed by atoms with Gasteiger partial charge in [-0.3, -0.25) is 4.79 Å². The van der Waals surface area contributed by atoms with Crippen molar-refractivity contribution in [2.75, 3.05) is 0 Å². The minimum absolute atomic E-state index is 0.140. The molecule has 2 rings (SSSR count). The van der Waals surface area contributed by atoms with Gasteiger partial charge in [-0.05, 0) is 44.4 Å². The number of nitrogens with zero attached hydrogens (tertiary/aromatic N) is 2. The monoisotopic (exact) mass is 369 g/mol. The maximum atomic E-state index is 12.1. The minimum Gasteiger partial charge on any atom is -0.508 e. The Labute approximate surface area is 160 Å². The Morgan fingerprint density at radius 1 is 1.37 bits per heavy atom. The van der Waals surface area contributed by atoms with Crippen LogP contribution in [-0.2, 0) is 24.1 Å². The van der Waals surface area contributed by atoms with E-state index < -0.39 is 0 Å². The number of hydrogen-bond acceptors (Lipinski definition) is 5. The summed E-state index contributed by atoms with van der Waals surface area (Å²) < 4.78 is 5.59. The summed E-state index contributed by atoms with van der Waals surface area (Å²) in [6.45, 7) is 7.58. The van der Waals surface area contributed by atoms with Crippen LogP contribution in [-0.4, -0.2) is 21.8 Å². The molecule has 6 heteroatoms. The number of rotatable bonds is 7. The average molecular weight is 369 g/mol. The molecule has 0 atom stereocenters. The molecule has 0 bridgehead atoms. The third-order valence-electron chi connectivity index (χ3n) is 4.11. The molecule has 0 fully saturated rings. The molecule has 0 saturated heterocycles. The zero-order valence-corrected chi connectivity index (χ0v) is 16.4. The third kappa shape index (κ3) is 6.73. The number of aryl methyl sites for hydroxylation is 3.